The van der Waals surface area contributed by atoms with Crippen LogP contribution in [-0.2, 0) is 4.74 Å². The smallest absolute Gasteiger partial charge is 0.149 e. The molecule has 1 aliphatic heterocycles. The molecule has 1 atom stereocenters. The zero-order valence-corrected chi connectivity index (χ0v) is 10.8. The molecule has 1 fully saturated rings. The van der Waals surface area contributed by atoms with Crippen molar-refractivity contribution >= 4 is 11.5 Å². The number of aryl methyl sites for hydroxylation is 1. The fourth-order valence-corrected chi connectivity index (χ4v) is 2.23. The summed E-state index contributed by atoms with van der Waals surface area (Å²) >= 11 is 0. The first-order valence-electron chi connectivity index (χ1n) is 6.09. The lowest BCUT2D eigenvalue weighted by Crippen LogP contribution is -2.40. The van der Waals surface area contributed by atoms with Crippen LogP contribution in [0.25, 0.3) is 0 Å². The van der Waals surface area contributed by atoms with Gasteiger partial charge in [0, 0.05) is 18.8 Å². The van der Waals surface area contributed by atoms with E-state index in [0.717, 1.165) is 36.5 Å². The molecule has 0 aliphatic carbocycles. The molecule has 1 unspecified atom stereocenters. The molecule has 17 heavy (non-hydrogen) atoms. The van der Waals surface area contributed by atoms with Gasteiger partial charge < -0.3 is 15.8 Å². The van der Waals surface area contributed by atoms with Gasteiger partial charge in [-0.15, -0.1) is 0 Å². The number of hydrogen-bond donors (Lipinski definition) is 2. The fourth-order valence-electron chi connectivity index (χ4n) is 2.23. The Morgan fingerprint density at radius 1 is 1.53 bits per heavy atom. The number of nitrogens with zero attached hydrogens (tertiary/aromatic N) is 1. The standard InChI is InChI=1S/C13H21N3O/c1-9-4-6-15-12(11(9)14)16-10-5-7-17-13(2,3)8-10/h4,6,10H,5,7-8,14H2,1-3H3,(H,15,16). The highest BCUT2D eigenvalue weighted by atomic mass is 16.5. The first-order chi connectivity index (χ1) is 7.98. The molecule has 1 saturated heterocycles. The lowest BCUT2D eigenvalue weighted by molar-refractivity contribution is -0.0553. The summed E-state index contributed by atoms with van der Waals surface area (Å²) in [6, 6.07) is 2.31. The lowest BCUT2D eigenvalue weighted by atomic mass is 9.94. The van der Waals surface area contributed by atoms with Crippen LogP contribution in [0.5, 0.6) is 0 Å². The Bertz CT molecular complexity index is 404. The van der Waals surface area contributed by atoms with E-state index < -0.39 is 0 Å². The Kier molecular flexibility index (Phi) is 3.24. The summed E-state index contributed by atoms with van der Waals surface area (Å²) in [7, 11) is 0. The van der Waals surface area contributed by atoms with Crippen molar-refractivity contribution in [1.29, 1.82) is 0 Å². The van der Waals surface area contributed by atoms with Crippen LogP contribution in [0.1, 0.15) is 32.3 Å². The molecular formula is C13H21N3O. The number of ether oxygens (including phenoxy) is 1. The molecule has 0 spiro atoms. The van der Waals surface area contributed by atoms with Gasteiger partial charge in [0.25, 0.3) is 0 Å². The Balaban J connectivity index is 2.08. The van der Waals surface area contributed by atoms with E-state index in [0.29, 0.717) is 6.04 Å². The van der Waals surface area contributed by atoms with Crippen LogP contribution in [0, 0.1) is 6.92 Å². The van der Waals surface area contributed by atoms with Gasteiger partial charge in [0.15, 0.2) is 0 Å². The largest absolute Gasteiger partial charge is 0.396 e. The third kappa shape index (κ3) is 2.88. The number of nitrogen functional groups attached to an aromatic ring is 1. The molecule has 0 amide bonds. The van der Waals surface area contributed by atoms with Gasteiger partial charge in [-0.2, -0.15) is 0 Å². The normalized spacial score (nSPS) is 23.4. The van der Waals surface area contributed by atoms with Gasteiger partial charge in [0.1, 0.15) is 5.82 Å². The van der Waals surface area contributed by atoms with Crippen LogP contribution in [0.2, 0.25) is 0 Å². The van der Waals surface area contributed by atoms with Crippen LogP contribution in [0.3, 0.4) is 0 Å². The van der Waals surface area contributed by atoms with Crippen LogP contribution in [0.15, 0.2) is 12.3 Å². The van der Waals surface area contributed by atoms with E-state index in [2.05, 4.69) is 24.1 Å². The minimum Gasteiger partial charge on any atom is -0.396 e. The van der Waals surface area contributed by atoms with Gasteiger partial charge in [-0.1, -0.05) is 0 Å². The summed E-state index contributed by atoms with van der Waals surface area (Å²) in [5.74, 6) is 0.799. The minimum absolute atomic E-state index is 0.0610. The van der Waals surface area contributed by atoms with E-state index in [1.807, 2.05) is 13.0 Å². The lowest BCUT2D eigenvalue weighted by Gasteiger charge is -2.36. The van der Waals surface area contributed by atoms with Gasteiger partial charge in [0.2, 0.25) is 0 Å². The van der Waals surface area contributed by atoms with Gasteiger partial charge in [-0.3, -0.25) is 0 Å². The molecule has 0 saturated carbocycles. The van der Waals surface area contributed by atoms with Crippen LogP contribution < -0.4 is 11.1 Å². The second-order valence-electron chi connectivity index (χ2n) is 5.33. The van der Waals surface area contributed by atoms with Crippen molar-refractivity contribution in [3.05, 3.63) is 17.8 Å². The number of hydrogen-bond acceptors (Lipinski definition) is 4. The van der Waals surface area contributed by atoms with E-state index in [1.54, 1.807) is 6.20 Å². The van der Waals surface area contributed by atoms with Gasteiger partial charge in [-0.05, 0) is 45.2 Å². The second kappa shape index (κ2) is 4.53. The molecule has 94 valence electrons. The van der Waals surface area contributed by atoms with E-state index in [4.69, 9.17) is 10.5 Å². The monoisotopic (exact) mass is 235 g/mol. The Morgan fingerprint density at radius 3 is 3.00 bits per heavy atom. The molecule has 0 radical (unpaired) electrons. The van der Waals surface area contributed by atoms with Crippen molar-refractivity contribution in [2.24, 2.45) is 0 Å². The fraction of sp³-hybridized carbons (Fsp3) is 0.615. The molecule has 1 aromatic heterocycles. The van der Waals surface area contributed by atoms with Gasteiger partial charge in [-0.25, -0.2) is 4.98 Å². The third-order valence-corrected chi connectivity index (χ3v) is 3.25. The predicted molar refractivity (Wildman–Crippen MR) is 70.1 cm³/mol. The molecular weight excluding hydrogens is 214 g/mol. The number of rotatable bonds is 2. The summed E-state index contributed by atoms with van der Waals surface area (Å²) in [4.78, 5) is 4.30. The number of pyridine rings is 1. The number of aromatic nitrogens is 1. The van der Waals surface area contributed by atoms with Crippen molar-refractivity contribution in [3.63, 3.8) is 0 Å². The van der Waals surface area contributed by atoms with E-state index in [-0.39, 0.29) is 5.60 Å². The van der Waals surface area contributed by atoms with Crippen molar-refractivity contribution in [1.82, 2.24) is 4.98 Å². The van der Waals surface area contributed by atoms with Crippen LogP contribution in [-0.4, -0.2) is 23.2 Å². The maximum Gasteiger partial charge on any atom is 0.149 e. The first-order valence-corrected chi connectivity index (χ1v) is 6.09. The van der Waals surface area contributed by atoms with Crippen LogP contribution in [0.4, 0.5) is 11.5 Å². The van der Waals surface area contributed by atoms with E-state index >= 15 is 0 Å². The second-order valence-corrected chi connectivity index (χ2v) is 5.33. The molecule has 4 nitrogen and oxygen atoms in total. The average molecular weight is 235 g/mol. The van der Waals surface area contributed by atoms with Gasteiger partial charge in [0.05, 0.1) is 11.3 Å². The summed E-state index contributed by atoms with van der Waals surface area (Å²) in [5, 5.41) is 3.43. The number of anilines is 2. The van der Waals surface area contributed by atoms with Crippen LogP contribution >= 0.6 is 0 Å². The Hall–Kier alpha value is -1.29. The molecule has 2 rings (SSSR count). The summed E-state index contributed by atoms with van der Waals surface area (Å²) in [6.45, 7) is 7.02. The molecule has 0 bridgehead atoms. The van der Waals surface area contributed by atoms with Gasteiger partial charge >= 0.3 is 0 Å². The highest BCUT2D eigenvalue weighted by molar-refractivity contribution is 5.65. The quantitative estimate of drug-likeness (QED) is 0.826. The maximum absolute atomic E-state index is 6.01. The minimum atomic E-state index is -0.0610. The molecule has 3 N–H and O–H groups in total. The zero-order chi connectivity index (χ0) is 12.5. The zero-order valence-electron chi connectivity index (χ0n) is 10.8. The number of nitrogens with two attached hydrogens (primary N) is 1. The highest BCUT2D eigenvalue weighted by Gasteiger charge is 2.29. The summed E-state index contributed by atoms with van der Waals surface area (Å²) < 4.78 is 5.70. The molecule has 1 aromatic rings. The molecule has 4 heteroatoms. The Morgan fingerprint density at radius 2 is 2.29 bits per heavy atom. The van der Waals surface area contributed by atoms with Crippen molar-refractivity contribution in [3.8, 4) is 0 Å². The first kappa shape index (κ1) is 12.2. The molecule has 0 aromatic carbocycles. The topological polar surface area (TPSA) is 60.2 Å². The Labute approximate surface area is 103 Å². The number of nitrogens with one attached hydrogen (secondary N) is 1. The molecule has 2 heterocycles. The average Bonchev–Trinajstić information content (AvgIpc) is 2.23. The van der Waals surface area contributed by atoms with Crippen molar-refractivity contribution in [2.75, 3.05) is 17.7 Å². The summed E-state index contributed by atoms with van der Waals surface area (Å²) in [6.07, 6.45) is 3.76. The van der Waals surface area contributed by atoms with Crippen molar-refractivity contribution in [2.45, 2.75) is 45.3 Å². The van der Waals surface area contributed by atoms with Crippen molar-refractivity contribution < 1.29 is 4.74 Å². The third-order valence-electron chi connectivity index (χ3n) is 3.25. The highest BCUT2D eigenvalue weighted by Crippen LogP contribution is 2.28. The predicted octanol–water partition coefficient (Wildman–Crippen LogP) is 2.34. The summed E-state index contributed by atoms with van der Waals surface area (Å²) in [5.41, 5.74) is 7.76. The van der Waals surface area contributed by atoms with E-state index in [1.165, 1.54) is 0 Å². The molecule has 1 aliphatic rings. The maximum atomic E-state index is 6.01. The van der Waals surface area contributed by atoms with E-state index in [9.17, 15) is 0 Å². The SMILES string of the molecule is Cc1ccnc(NC2CCOC(C)(C)C2)c1N.